The van der Waals surface area contributed by atoms with Crippen molar-refractivity contribution < 1.29 is 17.7 Å². The van der Waals surface area contributed by atoms with E-state index in [9.17, 15) is 13.3 Å². The van der Waals surface area contributed by atoms with Crippen LogP contribution in [0.25, 0.3) is 0 Å². The number of hydrogen-bond acceptors (Lipinski definition) is 2. The number of alkyl halides is 2. The van der Waals surface area contributed by atoms with E-state index in [4.69, 9.17) is 38.4 Å². The molecule has 0 saturated carbocycles. The van der Waals surface area contributed by atoms with E-state index in [0.717, 1.165) is 5.82 Å². The van der Waals surface area contributed by atoms with Crippen molar-refractivity contribution in [2.45, 2.75) is 6.43 Å². The monoisotopic (exact) mass is 506 g/mol. The van der Waals surface area contributed by atoms with Crippen molar-refractivity contribution in [3.63, 3.8) is 0 Å². The molecule has 3 aromatic carbocycles. The Hall–Kier alpha value is -1.25. The van der Waals surface area contributed by atoms with Gasteiger partial charge in [0.1, 0.15) is 0 Å². The molecule has 3 rings (SSSR count). The Bertz CT molecular complexity index is 976. The van der Waals surface area contributed by atoms with Crippen LogP contribution in [0.5, 0.6) is 0 Å². The Kier molecular flexibility index (Phi) is 7.09. The third-order valence-corrected chi connectivity index (χ3v) is 13.0. The van der Waals surface area contributed by atoms with E-state index in [1.165, 1.54) is 0 Å². The summed E-state index contributed by atoms with van der Waals surface area (Å²) in [6.07, 6.45) is -7.27. The zero-order chi connectivity index (χ0) is 21.9. The van der Waals surface area contributed by atoms with Gasteiger partial charge in [0.25, 0.3) is 0 Å². The predicted molar refractivity (Wildman–Crippen MR) is 125 cm³/mol. The Balaban J connectivity index is 2.65. The molecule has 0 atom stereocenters. The standard InChI is InChI=1S/C21H17Cl3F2O2P2/c22-20(21(25)26)16-30(28-29(23,24)27,17-10-4-1-5-11-17,18-12-6-2-7-13-18)19-14-8-3-9-15-19/h1-16,21H. The molecule has 2 nitrogen and oxygen atoms in total. The molecule has 3 aromatic rings. The quantitative estimate of drug-likeness (QED) is 0.312. The molecular weight excluding hydrogens is 491 g/mol. The first-order chi connectivity index (χ1) is 14.2. The molecule has 0 aliphatic rings. The molecule has 0 bridgehead atoms. The molecule has 0 aliphatic carbocycles. The molecule has 0 radical (unpaired) electrons. The summed E-state index contributed by atoms with van der Waals surface area (Å²) in [5.41, 5.74) is 0. The molecule has 0 saturated heterocycles. The first kappa shape index (κ1) is 23.4. The van der Waals surface area contributed by atoms with Crippen LogP contribution < -0.4 is 15.9 Å². The van der Waals surface area contributed by atoms with E-state index < -0.39 is 24.4 Å². The van der Waals surface area contributed by atoms with Crippen LogP contribution in [0.15, 0.2) is 102 Å². The maximum absolute atomic E-state index is 13.7. The van der Waals surface area contributed by atoms with Crippen molar-refractivity contribution in [2.75, 3.05) is 0 Å². The van der Waals surface area contributed by atoms with Gasteiger partial charge < -0.3 is 0 Å². The molecule has 0 fully saturated rings. The Morgan fingerprint density at radius 1 is 0.800 bits per heavy atom. The average molecular weight is 508 g/mol. The van der Waals surface area contributed by atoms with Crippen LogP contribution in [-0.2, 0) is 8.88 Å². The van der Waals surface area contributed by atoms with Gasteiger partial charge in [-0.25, -0.2) is 0 Å². The number of allylic oxidation sites excluding steroid dienone is 1. The topological polar surface area (TPSA) is 26.3 Å². The molecule has 0 unspecified atom stereocenters. The summed E-state index contributed by atoms with van der Waals surface area (Å²) < 4.78 is 46.4. The van der Waals surface area contributed by atoms with Gasteiger partial charge in [0.2, 0.25) is 0 Å². The fraction of sp³-hybridized carbons (Fsp3) is 0.0476. The van der Waals surface area contributed by atoms with Gasteiger partial charge in [-0.3, -0.25) is 0 Å². The molecule has 0 N–H and O–H groups in total. The Labute approximate surface area is 188 Å². The van der Waals surface area contributed by atoms with Crippen molar-refractivity contribution >= 4 is 62.9 Å². The van der Waals surface area contributed by atoms with Gasteiger partial charge in [-0.1, -0.05) is 0 Å². The van der Waals surface area contributed by atoms with Crippen LogP contribution in [0, 0.1) is 0 Å². The molecule has 0 aromatic heterocycles. The van der Waals surface area contributed by atoms with Gasteiger partial charge in [0, 0.05) is 0 Å². The van der Waals surface area contributed by atoms with Gasteiger partial charge in [-0.2, -0.15) is 0 Å². The van der Waals surface area contributed by atoms with Gasteiger partial charge in [0.15, 0.2) is 0 Å². The zero-order valence-corrected chi connectivity index (χ0v) is 19.5. The first-order valence-corrected chi connectivity index (χ1v) is 14.8. The van der Waals surface area contributed by atoms with Crippen LogP contribution in [0.3, 0.4) is 0 Å². The van der Waals surface area contributed by atoms with Crippen molar-refractivity contribution in [2.24, 2.45) is 0 Å². The second-order valence-electron chi connectivity index (χ2n) is 6.42. The van der Waals surface area contributed by atoms with Crippen LogP contribution in [0.1, 0.15) is 0 Å². The summed E-state index contributed by atoms with van der Waals surface area (Å²) in [6, 6.07) is 25.9. The van der Waals surface area contributed by atoms with E-state index in [2.05, 4.69) is 0 Å². The first-order valence-electron chi connectivity index (χ1n) is 8.75. The fourth-order valence-electron chi connectivity index (χ4n) is 3.50. The molecule has 0 heterocycles. The summed E-state index contributed by atoms with van der Waals surface area (Å²) in [5.74, 6) is 1.16. The minimum absolute atomic E-state index is 0.473. The van der Waals surface area contributed by atoms with Gasteiger partial charge in [-0.15, -0.1) is 0 Å². The number of rotatable bonds is 7. The zero-order valence-electron chi connectivity index (χ0n) is 15.4. The van der Waals surface area contributed by atoms with Crippen LogP contribution in [0.4, 0.5) is 8.78 Å². The van der Waals surface area contributed by atoms with Crippen molar-refractivity contribution in [3.8, 4) is 0 Å². The molecule has 0 aliphatic heterocycles. The third-order valence-electron chi connectivity index (χ3n) is 4.65. The summed E-state index contributed by atoms with van der Waals surface area (Å²) in [4.78, 5) is 0. The number of hydrogen-bond donors (Lipinski definition) is 0. The van der Waals surface area contributed by atoms with Gasteiger partial charge in [0.05, 0.1) is 0 Å². The summed E-state index contributed by atoms with van der Waals surface area (Å²) in [5, 5.41) is 0.662. The summed E-state index contributed by atoms with van der Waals surface area (Å²) >= 11 is 18.0. The molecule has 158 valence electrons. The predicted octanol–water partition coefficient (Wildman–Crippen LogP) is 7.38. The van der Waals surface area contributed by atoms with Crippen LogP contribution >= 0.6 is 47.0 Å². The maximum atomic E-state index is 13.7. The summed E-state index contributed by atoms with van der Waals surface area (Å²) in [7, 11) is 0. The van der Waals surface area contributed by atoms with Gasteiger partial charge >= 0.3 is 189 Å². The summed E-state index contributed by atoms with van der Waals surface area (Å²) in [6.45, 7) is -4.56. The second kappa shape index (κ2) is 9.09. The van der Waals surface area contributed by atoms with Crippen LogP contribution in [0.2, 0.25) is 0 Å². The normalized spacial score (nSPS) is 14.3. The number of halogens is 5. The second-order valence-corrected chi connectivity index (χ2v) is 15.5. The van der Waals surface area contributed by atoms with E-state index in [-0.39, 0.29) is 0 Å². The van der Waals surface area contributed by atoms with Crippen molar-refractivity contribution in [1.82, 2.24) is 0 Å². The van der Waals surface area contributed by atoms with Crippen LogP contribution in [-0.4, -0.2) is 6.43 Å². The SMILES string of the molecule is O=P(Cl)(Cl)OP(C=C(Cl)C(F)F)(c1ccccc1)(c1ccccc1)c1ccccc1. The molecule has 30 heavy (non-hydrogen) atoms. The van der Waals surface area contributed by atoms with Crippen molar-refractivity contribution in [3.05, 3.63) is 102 Å². The average Bonchev–Trinajstić information content (AvgIpc) is 2.74. The Morgan fingerprint density at radius 2 is 1.13 bits per heavy atom. The van der Waals surface area contributed by atoms with Gasteiger partial charge in [-0.05, 0) is 0 Å². The number of benzene rings is 3. The van der Waals surface area contributed by atoms with E-state index >= 15 is 0 Å². The Morgan fingerprint density at radius 3 is 1.40 bits per heavy atom. The molecule has 0 amide bonds. The van der Waals surface area contributed by atoms with E-state index in [1.807, 2.05) is 0 Å². The van der Waals surface area contributed by atoms with E-state index in [0.29, 0.717) is 15.9 Å². The fourth-order valence-corrected chi connectivity index (χ4v) is 13.5. The molecule has 9 heteroatoms. The van der Waals surface area contributed by atoms with Crippen molar-refractivity contribution in [1.29, 1.82) is 0 Å². The molecular formula is C21H17Cl3F2O2P2. The minimum atomic E-state index is -4.56. The van der Waals surface area contributed by atoms with E-state index in [1.54, 1.807) is 91.0 Å². The third kappa shape index (κ3) is 4.36. The molecule has 0 spiro atoms.